The van der Waals surface area contributed by atoms with Crippen molar-refractivity contribution in [3.8, 4) is 0 Å². The van der Waals surface area contributed by atoms with Crippen molar-refractivity contribution < 1.29 is 122 Å². The second-order valence-corrected chi connectivity index (χ2v) is 5.55. The SMILES string of the molecule is F[C-](F)C(F)(F)C(F)(F)C(F)(F)C(F)(F)C(F)(F)C(F)(F)C(F)(F)F.O=S(=O)(O)O.[Na+]. The van der Waals surface area contributed by atoms with Gasteiger partial charge in [0.05, 0.1) is 6.43 Å². The van der Waals surface area contributed by atoms with E-state index in [9.17, 15) is 74.6 Å². The topological polar surface area (TPSA) is 74.6 Å². The van der Waals surface area contributed by atoms with E-state index in [1.807, 2.05) is 0 Å². The van der Waals surface area contributed by atoms with Crippen molar-refractivity contribution in [3.05, 3.63) is 6.43 Å². The zero-order chi connectivity index (χ0) is 25.6. The van der Waals surface area contributed by atoms with Gasteiger partial charge in [-0.1, -0.05) is 0 Å². The molecular formula is C8H2F17NaO4S. The van der Waals surface area contributed by atoms with Crippen LogP contribution in [0, 0.1) is 6.43 Å². The fraction of sp³-hybridized carbons (Fsp3) is 0.875. The third kappa shape index (κ3) is 6.38. The Bertz CT molecular complexity index is 691. The molecule has 184 valence electrons. The van der Waals surface area contributed by atoms with Crippen molar-refractivity contribution in [2.24, 2.45) is 0 Å². The van der Waals surface area contributed by atoms with Crippen molar-refractivity contribution in [2.45, 2.75) is 41.7 Å². The largest absolute Gasteiger partial charge is 1.00 e. The summed E-state index contributed by atoms with van der Waals surface area (Å²) in [5, 5.41) is 0. The van der Waals surface area contributed by atoms with Gasteiger partial charge in [0.1, 0.15) is 0 Å². The average molecular weight is 540 g/mol. The van der Waals surface area contributed by atoms with Crippen LogP contribution in [0.15, 0.2) is 0 Å². The van der Waals surface area contributed by atoms with Crippen molar-refractivity contribution in [2.75, 3.05) is 0 Å². The maximum atomic E-state index is 12.7. The molecule has 31 heavy (non-hydrogen) atoms. The molecule has 0 rings (SSSR count). The number of hydrogen-bond donors (Lipinski definition) is 2. The Hall–Kier alpha value is -0.320. The Morgan fingerprint density at radius 2 is 0.710 bits per heavy atom. The zero-order valence-electron chi connectivity index (χ0n) is 13.5. The molecule has 0 amide bonds. The Kier molecular flexibility index (Phi) is 10.8. The predicted octanol–water partition coefficient (Wildman–Crippen LogP) is 2.14. The minimum Gasteiger partial charge on any atom is -0.415 e. The van der Waals surface area contributed by atoms with E-state index in [2.05, 4.69) is 0 Å². The Balaban J connectivity index is -0.00000116. The van der Waals surface area contributed by atoms with Crippen LogP contribution < -0.4 is 29.6 Å². The van der Waals surface area contributed by atoms with E-state index in [4.69, 9.17) is 17.5 Å². The second kappa shape index (κ2) is 9.50. The van der Waals surface area contributed by atoms with Crippen LogP contribution in [0.3, 0.4) is 0 Å². The van der Waals surface area contributed by atoms with Gasteiger partial charge in [0.25, 0.3) is 5.92 Å². The van der Waals surface area contributed by atoms with E-state index in [-0.39, 0.29) is 29.6 Å². The summed E-state index contributed by atoms with van der Waals surface area (Å²) in [7, 11) is -4.67. The smallest absolute Gasteiger partial charge is 0.415 e. The molecule has 4 nitrogen and oxygen atoms in total. The monoisotopic (exact) mass is 540 g/mol. The molecule has 0 saturated carbocycles. The second-order valence-electron chi connectivity index (χ2n) is 4.65. The van der Waals surface area contributed by atoms with Gasteiger partial charge in [0.15, 0.2) is 0 Å². The molecule has 0 aromatic heterocycles. The number of halogens is 17. The van der Waals surface area contributed by atoms with Crippen molar-refractivity contribution >= 4 is 10.4 Å². The van der Waals surface area contributed by atoms with Gasteiger partial charge in [-0.3, -0.25) is 9.11 Å². The molecule has 0 aliphatic heterocycles. The summed E-state index contributed by atoms with van der Waals surface area (Å²) in [4.78, 5) is 0. The maximum absolute atomic E-state index is 12.7. The molecule has 2 N–H and O–H groups in total. The molecule has 0 aliphatic rings. The van der Waals surface area contributed by atoms with Crippen molar-refractivity contribution in [3.63, 3.8) is 0 Å². The summed E-state index contributed by atoms with van der Waals surface area (Å²) in [6.07, 6.45) is -12.8. The summed E-state index contributed by atoms with van der Waals surface area (Å²) in [6, 6.07) is 0. The van der Waals surface area contributed by atoms with Crippen LogP contribution in [0.1, 0.15) is 0 Å². The van der Waals surface area contributed by atoms with Crippen molar-refractivity contribution in [1.82, 2.24) is 0 Å². The minimum absolute atomic E-state index is 0. The van der Waals surface area contributed by atoms with Gasteiger partial charge in [-0.25, -0.2) is 8.78 Å². The zero-order valence-corrected chi connectivity index (χ0v) is 16.4. The summed E-state index contributed by atoms with van der Waals surface area (Å²) in [5.74, 6) is -49.4. The molecule has 0 aliphatic carbocycles. The number of rotatable bonds is 6. The summed E-state index contributed by atoms with van der Waals surface area (Å²) >= 11 is 0. The van der Waals surface area contributed by atoms with Crippen LogP contribution in [0.2, 0.25) is 0 Å². The van der Waals surface area contributed by atoms with Crippen molar-refractivity contribution in [1.29, 1.82) is 0 Å². The minimum atomic E-state index is -8.55. The van der Waals surface area contributed by atoms with Crippen LogP contribution >= 0.6 is 0 Å². The van der Waals surface area contributed by atoms with E-state index in [0.717, 1.165) is 0 Å². The Labute approximate surface area is 180 Å². The van der Waals surface area contributed by atoms with E-state index in [0.29, 0.717) is 0 Å². The van der Waals surface area contributed by atoms with Crippen LogP contribution in [0.25, 0.3) is 0 Å². The molecule has 0 unspecified atom stereocenters. The van der Waals surface area contributed by atoms with Gasteiger partial charge < -0.3 is 8.78 Å². The summed E-state index contributed by atoms with van der Waals surface area (Å²) in [5.41, 5.74) is 0. The first kappa shape index (κ1) is 35.3. The molecule has 0 heterocycles. The predicted molar refractivity (Wildman–Crippen MR) is 55.4 cm³/mol. The van der Waals surface area contributed by atoms with E-state index in [1.54, 1.807) is 0 Å². The van der Waals surface area contributed by atoms with Crippen LogP contribution in [0.5, 0.6) is 0 Å². The molecule has 0 spiro atoms. The van der Waals surface area contributed by atoms with Gasteiger partial charge >= 0.3 is 75.7 Å². The van der Waals surface area contributed by atoms with E-state index in [1.165, 1.54) is 0 Å². The third-order valence-corrected chi connectivity index (χ3v) is 2.57. The first-order valence-corrected chi connectivity index (χ1v) is 7.06. The maximum Gasteiger partial charge on any atom is 1.00 e. The standard InChI is InChI=1S/C8F17.Na.H2O4S/c9-1(10)2(11,12)3(13,14)4(15,16)5(17,18)6(19,20)7(21,22)8(23,24)25;;1-5(2,3)4/h;;(H2,1,2,3,4)/q-1;+1;. The van der Waals surface area contributed by atoms with Crippen LogP contribution in [0.4, 0.5) is 74.6 Å². The first-order chi connectivity index (χ1) is 12.4. The average Bonchev–Trinajstić information content (AvgIpc) is 2.42. The fourth-order valence-electron chi connectivity index (χ4n) is 1.09. The molecule has 0 bridgehead atoms. The fourth-order valence-corrected chi connectivity index (χ4v) is 1.09. The van der Waals surface area contributed by atoms with Gasteiger partial charge in [0.2, 0.25) is 0 Å². The molecule has 0 aromatic rings. The summed E-state index contributed by atoms with van der Waals surface area (Å²) < 4.78 is 240. The molecule has 23 heteroatoms. The number of alkyl halides is 15. The summed E-state index contributed by atoms with van der Waals surface area (Å²) in [6.45, 7) is 0. The Morgan fingerprint density at radius 3 is 0.903 bits per heavy atom. The normalized spacial score (nSPS) is 15.2. The van der Waals surface area contributed by atoms with Gasteiger partial charge in [-0.15, -0.1) is 0 Å². The molecule has 0 aromatic carbocycles. The molecule has 0 radical (unpaired) electrons. The number of hydrogen-bond acceptors (Lipinski definition) is 2. The quantitative estimate of drug-likeness (QED) is 0.235. The third-order valence-electron chi connectivity index (χ3n) is 2.57. The molecule has 0 atom stereocenters. The molecule has 0 fully saturated rings. The molecular weight excluding hydrogens is 538 g/mol. The van der Waals surface area contributed by atoms with Crippen LogP contribution in [-0.2, 0) is 10.4 Å². The van der Waals surface area contributed by atoms with Gasteiger partial charge in [0, 0.05) is 0 Å². The van der Waals surface area contributed by atoms with Gasteiger partial charge in [-0.2, -0.15) is 65.5 Å². The van der Waals surface area contributed by atoms with E-state index < -0.39 is 58.5 Å². The molecule has 0 saturated heterocycles. The van der Waals surface area contributed by atoms with Crippen LogP contribution in [-0.4, -0.2) is 59.2 Å². The Morgan fingerprint density at radius 1 is 0.516 bits per heavy atom. The van der Waals surface area contributed by atoms with Gasteiger partial charge in [-0.05, 0) is 0 Å². The first-order valence-electron chi connectivity index (χ1n) is 5.66. The van der Waals surface area contributed by atoms with E-state index >= 15 is 0 Å².